The van der Waals surface area contributed by atoms with E-state index in [9.17, 15) is 0 Å². The van der Waals surface area contributed by atoms with Crippen molar-refractivity contribution in [1.29, 1.82) is 0 Å². The van der Waals surface area contributed by atoms with Crippen LogP contribution in [-0.4, -0.2) is 10.6 Å². The van der Waals surface area contributed by atoms with Gasteiger partial charge in [-0.1, -0.05) is 60.2 Å². The van der Waals surface area contributed by atoms with Crippen LogP contribution in [0.3, 0.4) is 0 Å². The standard InChI is InChI=1S/C20H25NO/c1-15-10-12-17(13-11-15)19-14-18(16-8-6-5-7-9-16)21(22-19)20(2,3)4/h5-13,18-19H,14H2,1-4H3/t18-,19+/m1/s1. The highest BCUT2D eigenvalue weighted by atomic mass is 16.7. The van der Waals surface area contributed by atoms with Gasteiger partial charge in [0.05, 0.1) is 6.04 Å². The molecule has 0 saturated carbocycles. The monoisotopic (exact) mass is 295 g/mol. The van der Waals surface area contributed by atoms with Gasteiger partial charge in [0.2, 0.25) is 0 Å². The maximum absolute atomic E-state index is 6.35. The molecule has 1 fully saturated rings. The molecule has 1 aliphatic heterocycles. The zero-order chi connectivity index (χ0) is 15.7. The molecule has 3 rings (SSSR count). The molecule has 116 valence electrons. The molecule has 1 aliphatic rings. The number of hydrogen-bond donors (Lipinski definition) is 0. The summed E-state index contributed by atoms with van der Waals surface area (Å²) in [4.78, 5) is 6.35. The molecule has 2 nitrogen and oxygen atoms in total. The van der Waals surface area contributed by atoms with Gasteiger partial charge in [0, 0.05) is 12.0 Å². The molecule has 2 heteroatoms. The average molecular weight is 295 g/mol. The van der Waals surface area contributed by atoms with Gasteiger partial charge in [-0.3, -0.25) is 4.84 Å². The number of benzene rings is 2. The fraction of sp³-hybridized carbons (Fsp3) is 0.400. The van der Waals surface area contributed by atoms with Crippen LogP contribution in [0.5, 0.6) is 0 Å². The van der Waals surface area contributed by atoms with Crippen LogP contribution in [0.4, 0.5) is 0 Å². The van der Waals surface area contributed by atoms with Crippen LogP contribution in [0.2, 0.25) is 0 Å². The second-order valence-corrected chi connectivity index (χ2v) is 7.16. The van der Waals surface area contributed by atoms with Gasteiger partial charge in [0.1, 0.15) is 6.10 Å². The van der Waals surface area contributed by atoms with Crippen LogP contribution in [0.25, 0.3) is 0 Å². The lowest BCUT2D eigenvalue weighted by Crippen LogP contribution is -2.39. The SMILES string of the molecule is Cc1ccc([C@@H]2C[C@H](c3ccccc3)N(C(C)(C)C)O2)cc1. The zero-order valence-electron chi connectivity index (χ0n) is 13.9. The smallest absolute Gasteiger partial charge is 0.106 e. The summed E-state index contributed by atoms with van der Waals surface area (Å²) >= 11 is 0. The molecule has 2 atom stereocenters. The van der Waals surface area contributed by atoms with Crippen molar-refractivity contribution in [3.05, 3.63) is 71.3 Å². The topological polar surface area (TPSA) is 12.5 Å². The van der Waals surface area contributed by atoms with E-state index in [0.29, 0.717) is 6.04 Å². The molecule has 1 heterocycles. The molecule has 1 saturated heterocycles. The number of rotatable bonds is 2. The van der Waals surface area contributed by atoms with Gasteiger partial charge in [-0.15, -0.1) is 0 Å². The molecule has 2 aromatic rings. The number of hydroxylamine groups is 2. The third-order valence-corrected chi connectivity index (χ3v) is 4.26. The van der Waals surface area contributed by atoms with Crippen LogP contribution in [0.15, 0.2) is 54.6 Å². The van der Waals surface area contributed by atoms with Crippen LogP contribution in [-0.2, 0) is 4.84 Å². The molecule has 0 bridgehead atoms. The highest BCUT2D eigenvalue weighted by Crippen LogP contribution is 2.45. The van der Waals surface area contributed by atoms with Gasteiger partial charge in [-0.2, -0.15) is 5.06 Å². The maximum Gasteiger partial charge on any atom is 0.106 e. The fourth-order valence-electron chi connectivity index (χ4n) is 3.10. The number of nitrogens with zero attached hydrogens (tertiary/aromatic N) is 1. The van der Waals surface area contributed by atoms with Crippen molar-refractivity contribution in [2.75, 3.05) is 0 Å². The van der Waals surface area contributed by atoms with Gasteiger partial charge >= 0.3 is 0 Å². The Kier molecular flexibility index (Phi) is 4.07. The van der Waals surface area contributed by atoms with Crippen LogP contribution in [0, 0.1) is 6.92 Å². The van der Waals surface area contributed by atoms with Crippen molar-refractivity contribution < 1.29 is 4.84 Å². The van der Waals surface area contributed by atoms with E-state index in [1.54, 1.807) is 0 Å². The third-order valence-electron chi connectivity index (χ3n) is 4.26. The van der Waals surface area contributed by atoms with Crippen molar-refractivity contribution in [1.82, 2.24) is 5.06 Å². The Morgan fingerprint density at radius 1 is 0.909 bits per heavy atom. The molecule has 0 radical (unpaired) electrons. The second-order valence-electron chi connectivity index (χ2n) is 7.16. The predicted octanol–water partition coefficient (Wildman–Crippen LogP) is 5.21. The first kappa shape index (κ1) is 15.3. The molecular formula is C20H25NO. The fourth-order valence-corrected chi connectivity index (χ4v) is 3.10. The summed E-state index contributed by atoms with van der Waals surface area (Å²) in [6.07, 6.45) is 1.12. The Balaban J connectivity index is 1.90. The molecule has 0 spiro atoms. The van der Waals surface area contributed by atoms with Crippen molar-refractivity contribution in [2.45, 2.75) is 51.8 Å². The average Bonchev–Trinajstić information content (AvgIpc) is 2.94. The minimum absolute atomic E-state index is 0.0278. The lowest BCUT2D eigenvalue weighted by atomic mass is 9.95. The first-order valence-electron chi connectivity index (χ1n) is 8.03. The normalized spacial score (nSPS) is 22.9. The quantitative estimate of drug-likeness (QED) is 0.753. The van der Waals surface area contributed by atoms with E-state index >= 15 is 0 Å². The van der Waals surface area contributed by atoms with Gasteiger partial charge in [-0.25, -0.2) is 0 Å². The first-order valence-corrected chi connectivity index (χ1v) is 8.03. The Bertz CT molecular complexity index is 612. The maximum atomic E-state index is 6.35. The van der Waals surface area contributed by atoms with Gasteiger partial charge in [0.15, 0.2) is 0 Å². The van der Waals surface area contributed by atoms with Crippen LogP contribution >= 0.6 is 0 Å². The van der Waals surface area contributed by atoms with E-state index in [1.165, 1.54) is 16.7 Å². The Hall–Kier alpha value is -1.64. The highest BCUT2D eigenvalue weighted by Gasteiger charge is 2.41. The van der Waals surface area contributed by atoms with Crippen molar-refractivity contribution in [3.8, 4) is 0 Å². The summed E-state index contributed by atoms with van der Waals surface area (Å²) in [5, 5.41) is 2.17. The van der Waals surface area contributed by atoms with E-state index in [4.69, 9.17) is 4.84 Å². The Morgan fingerprint density at radius 3 is 2.14 bits per heavy atom. The lowest BCUT2D eigenvalue weighted by Gasteiger charge is -2.35. The van der Waals surface area contributed by atoms with E-state index < -0.39 is 0 Å². The predicted molar refractivity (Wildman–Crippen MR) is 90.4 cm³/mol. The molecule has 0 aliphatic carbocycles. The van der Waals surface area contributed by atoms with Gasteiger partial charge in [0.25, 0.3) is 0 Å². The molecule has 0 amide bonds. The summed E-state index contributed by atoms with van der Waals surface area (Å²) in [6.45, 7) is 8.74. The second kappa shape index (κ2) is 5.86. The lowest BCUT2D eigenvalue weighted by molar-refractivity contribution is -0.215. The van der Waals surface area contributed by atoms with E-state index in [-0.39, 0.29) is 11.6 Å². The molecule has 0 aromatic heterocycles. The largest absolute Gasteiger partial charge is 0.290 e. The summed E-state index contributed by atoms with van der Waals surface area (Å²) < 4.78 is 0. The van der Waals surface area contributed by atoms with Gasteiger partial charge < -0.3 is 0 Å². The van der Waals surface area contributed by atoms with Gasteiger partial charge in [-0.05, 0) is 38.8 Å². The molecule has 2 aromatic carbocycles. The van der Waals surface area contributed by atoms with E-state index in [1.807, 2.05) is 0 Å². The zero-order valence-corrected chi connectivity index (χ0v) is 13.9. The third kappa shape index (κ3) is 3.08. The summed E-state index contributed by atoms with van der Waals surface area (Å²) in [5.74, 6) is 0. The van der Waals surface area contributed by atoms with Crippen molar-refractivity contribution in [2.24, 2.45) is 0 Å². The van der Waals surface area contributed by atoms with E-state index in [0.717, 1.165) is 6.42 Å². The molecule has 22 heavy (non-hydrogen) atoms. The van der Waals surface area contributed by atoms with Crippen LogP contribution in [0.1, 0.15) is 56.0 Å². The molecule has 0 N–H and O–H groups in total. The number of aryl methyl sites for hydroxylation is 1. The molecule has 0 unspecified atom stereocenters. The number of hydrogen-bond acceptors (Lipinski definition) is 2. The summed E-state index contributed by atoms with van der Waals surface area (Å²) in [5.41, 5.74) is 3.85. The van der Waals surface area contributed by atoms with Crippen molar-refractivity contribution >= 4 is 0 Å². The Morgan fingerprint density at radius 2 is 1.55 bits per heavy atom. The minimum atomic E-state index is -0.0278. The summed E-state index contributed by atoms with van der Waals surface area (Å²) in [7, 11) is 0. The summed E-state index contributed by atoms with van der Waals surface area (Å²) in [6, 6.07) is 19.7. The van der Waals surface area contributed by atoms with Crippen molar-refractivity contribution in [3.63, 3.8) is 0 Å². The highest BCUT2D eigenvalue weighted by molar-refractivity contribution is 5.26. The minimum Gasteiger partial charge on any atom is -0.290 e. The van der Waals surface area contributed by atoms with E-state index in [2.05, 4.69) is 87.4 Å². The molecular weight excluding hydrogens is 270 g/mol. The van der Waals surface area contributed by atoms with Crippen LogP contribution < -0.4 is 0 Å². The Labute approximate surface area is 133 Å². The first-order chi connectivity index (χ1) is 10.4.